The van der Waals surface area contributed by atoms with E-state index >= 15 is 0 Å². The summed E-state index contributed by atoms with van der Waals surface area (Å²) < 4.78 is 10.3. The molecule has 1 atom stereocenters. The molecule has 0 aromatic carbocycles. The van der Waals surface area contributed by atoms with Gasteiger partial charge in [0.15, 0.2) is 0 Å². The third-order valence-electron chi connectivity index (χ3n) is 2.61. The third-order valence-corrected chi connectivity index (χ3v) is 2.61. The molecule has 0 amide bonds. The lowest BCUT2D eigenvalue weighted by Crippen LogP contribution is -2.53. The second kappa shape index (κ2) is 5.47. The molecule has 4 heteroatoms. The van der Waals surface area contributed by atoms with Crippen LogP contribution in [0.15, 0.2) is 0 Å². The number of rotatable bonds is 6. The quantitative estimate of drug-likeness (QED) is 0.682. The number of hydrogen-bond acceptors (Lipinski definition) is 4. The van der Waals surface area contributed by atoms with Crippen molar-refractivity contribution in [3.63, 3.8) is 0 Å². The first-order valence-corrected chi connectivity index (χ1v) is 5.22. The summed E-state index contributed by atoms with van der Waals surface area (Å²) in [7, 11) is 3.39. The fourth-order valence-electron chi connectivity index (χ4n) is 1.48. The van der Waals surface area contributed by atoms with Crippen molar-refractivity contribution in [2.24, 2.45) is 0 Å². The molecule has 0 saturated carbocycles. The van der Waals surface area contributed by atoms with E-state index in [-0.39, 0.29) is 11.6 Å². The Labute approximate surface area is 92.3 Å². The highest BCUT2D eigenvalue weighted by molar-refractivity contribution is 5.80. The lowest BCUT2D eigenvalue weighted by Gasteiger charge is -2.34. The Hall–Kier alpha value is -0.610. The number of carbonyl (C=O) groups is 1. The molecule has 0 radical (unpaired) electrons. The largest absolute Gasteiger partial charge is 0.465 e. The van der Waals surface area contributed by atoms with E-state index in [2.05, 4.69) is 5.32 Å². The predicted molar refractivity (Wildman–Crippen MR) is 59.8 cm³/mol. The summed E-state index contributed by atoms with van der Waals surface area (Å²) in [6, 6.07) is 0. The van der Waals surface area contributed by atoms with Crippen molar-refractivity contribution in [2.45, 2.75) is 45.3 Å². The second-order valence-electron chi connectivity index (χ2n) is 4.44. The van der Waals surface area contributed by atoms with Gasteiger partial charge in [-0.25, -0.2) is 0 Å². The summed E-state index contributed by atoms with van der Waals surface area (Å²) in [6.45, 7) is 7.91. The van der Waals surface area contributed by atoms with Gasteiger partial charge in [0.05, 0.1) is 12.2 Å². The van der Waals surface area contributed by atoms with Gasteiger partial charge in [0, 0.05) is 13.5 Å². The summed E-state index contributed by atoms with van der Waals surface area (Å²) in [4.78, 5) is 11.7. The third kappa shape index (κ3) is 4.18. The van der Waals surface area contributed by atoms with E-state index in [0.717, 1.165) is 0 Å². The zero-order valence-electron chi connectivity index (χ0n) is 10.6. The zero-order chi connectivity index (χ0) is 12.1. The fraction of sp³-hybridized carbons (Fsp3) is 0.909. The Morgan fingerprint density at radius 2 is 1.87 bits per heavy atom. The molecule has 0 aliphatic rings. The van der Waals surface area contributed by atoms with Crippen LogP contribution in [-0.2, 0) is 14.3 Å². The number of hydrogen-bond donors (Lipinski definition) is 1. The average Bonchev–Trinajstić information content (AvgIpc) is 2.17. The summed E-state index contributed by atoms with van der Waals surface area (Å²) >= 11 is 0. The molecule has 0 fully saturated rings. The highest BCUT2D eigenvalue weighted by Gasteiger charge is 2.38. The van der Waals surface area contributed by atoms with Gasteiger partial charge < -0.3 is 14.8 Å². The van der Waals surface area contributed by atoms with E-state index in [1.54, 1.807) is 21.1 Å². The Bertz CT molecular complexity index is 216. The van der Waals surface area contributed by atoms with Gasteiger partial charge in [0.1, 0.15) is 5.54 Å². The lowest BCUT2D eigenvalue weighted by molar-refractivity contribution is -0.153. The van der Waals surface area contributed by atoms with Gasteiger partial charge >= 0.3 is 5.97 Å². The van der Waals surface area contributed by atoms with Crippen LogP contribution in [0.25, 0.3) is 0 Å². The van der Waals surface area contributed by atoms with Gasteiger partial charge in [-0.2, -0.15) is 0 Å². The fourth-order valence-corrected chi connectivity index (χ4v) is 1.48. The first kappa shape index (κ1) is 14.4. The van der Waals surface area contributed by atoms with Crippen molar-refractivity contribution >= 4 is 5.97 Å². The van der Waals surface area contributed by atoms with Crippen LogP contribution in [0.1, 0.15) is 34.1 Å². The maximum atomic E-state index is 11.7. The molecule has 0 aromatic heterocycles. The SMILES string of the molecule is CCOC(=O)C(C)(CC(C)(C)OC)NC. The molecule has 0 aliphatic carbocycles. The number of methoxy groups -OCH3 is 1. The first-order valence-electron chi connectivity index (χ1n) is 5.22. The zero-order valence-corrected chi connectivity index (χ0v) is 10.6. The van der Waals surface area contributed by atoms with Crippen LogP contribution < -0.4 is 5.32 Å². The van der Waals surface area contributed by atoms with Crippen LogP contribution in [-0.4, -0.2) is 37.9 Å². The first-order chi connectivity index (χ1) is 6.81. The molecule has 0 aromatic rings. The Kier molecular flexibility index (Phi) is 5.24. The normalized spacial score (nSPS) is 15.9. The van der Waals surface area contributed by atoms with Crippen molar-refractivity contribution < 1.29 is 14.3 Å². The molecule has 0 rings (SSSR count). The monoisotopic (exact) mass is 217 g/mol. The van der Waals surface area contributed by atoms with Gasteiger partial charge in [-0.3, -0.25) is 4.79 Å². The van der Waals surface area contributed by atoms with Crippen molar-refractivity contribution in [3.05, 3.63) is 0 Å². The maximum Gasteiger partial charge on any atom is 0.326 e. The number of carbonyl (C=O) groups excluding carboxylic acids is 1. The molecule has 90 valence electrons. The highest BCUT2D eigenvalue weighted by Crippen LogP contribution is 2.23. The molecule has 15 heavy (non-hydrogen) atoms. The molecule has 0 heterocycles. The van der Waals surface area contributed by atoms with Crippen LogP contribution >= 0.6 is 0 Å². The molecule has 1 N–H and O–H groups in total. The van der Waals surface area contributed by atoms with Gasteiger partial charge in [0.25, 0.3) is 0 Å². The average molecular weight is 217 g/mol. The molecular formula is C11H23NO3. The van der Waals surface area contributed by atoms with Gasteiger partial charge in [-0.05, 0) is 34.7 Å². The van der Waals surface area contributed by atoms with Gasteiger partial charge in [-0.1, -0.05) is 0 Å². The van der Waals surface area contributed by atoms with E-state index in [1.807, 2.05) is 20.8 Å². The van der Waals surface area contributed by atoms with Crippen LogP contribution in [0.2, 0.25) is 0 Å². The van der Waals surface area contributed by atoms with E-state index in [1.165, 1.54) is 0 Å². The van der Waals surface area contributed by atoms with E-state index in [4.69, 9.17) is 9.47 Å². The van der Waals surface area contributed by atoms with Gasteiger partial charge in [-0.15, -0.1) is 0 Å². The Balaban J connectivity index is 4.63. The van der Waals surface area contributed by atoms with Crippen molar-refractivity contribution in [1.82, 2.24) is 5.32 Å². The Morgan fingerprint density at radius 1 is 1.33 bits per heavy atom. The van der Waals surface area contributed by atoms with Gasteiger partial charge in [0.2, 0.25) is 0 Å². The van der Waals surface area contributed by atoms with Crippen LogP contribution in [0.4, 0.5) is 0 Å². The molecule has 4 nitrogen and oxygen atoms in total. The smallest absolute Gasteiger partial charge is 0.326 e. The summed E-state index contributed by atoms with van der Waals surface area (Å²) in [5.74, 6) is -0.238. The van der Waals surface area contributed by atoms with Crippen LogP contribution in [0.3, 0.4) is 0 Å². The maximum absolute atomic E-state index is 11.7. The molecule has 0 spiro atoms. The minimum atomic E-state index is -0.699. The second-order valence-corrected chi connectivity index (χ2v) is 4.44. The summed E-state index contributed by atoms with van der Waals surface area (Å²) in [6.07, 6.45) is 0.561. The van der Waals surface area contributed by atoms with Crippen molar-refractivity contribution in [1.29, 1.82) is 0 Å². The molecule has 1 unspecified atom stereocenters. The van der Waals surface area contributed by atoms with Crippen molar-refractivity contribution in [2.75, 3.05) is 20.8 Å². The lowest BCUT2D eigenvalue weighted by atomic mass is 9.88. The topological polar surface area (TPSA) is 47.6 Å². The van der Waals surface area contributed by atoms with E-state index in [9.17, 15) is 4.79 Å². The Morgan fingerprint density at radius 3 is 2.20 bits per heavy atom. The molecule has 0 bridgehead atoms. The summed E-state index contributed by atoms with van der Waals surface area (Å²) in [5, 5.41) is 3.00. The van der Waals surface area contributed by atoms with E-state index < -0.39 is 5.54 Å². The molecule has 0 aliphatic heterocycles. The number of likely N-dealkylation sites (N-methyl/N-ethyl adjacent to an activating group) is 1. The summed E-state index contributed by atoms with van der Waals surface area (Å²) in [5.41, 5.74) is -1.06. The predicted octanol–water partition coefficient (Wildman–Crippen LogP) is 1.34. The molecule has 0 saturated heterocycles. The minimum absolute atomic E-state index is 0.238. The molecular weight excluding hydrogens is 194 g/mol. The van der Waals surface area contributed by atoms with Crippen molar-refractivity contribution in [3.8, 4) is 0 Å². The highest BCUT2D eigenvalue weighted by atomic mass is 16.5. The van der Waals surface area contributed by atoms with Crippen LogP contribution in [0, 0.1) is 0 Å². The minimum Gasteiger partial charge on any atom is -0.465 e. The van der Waals surface area contributed by atoms with Crippen LogP contribution in [0.5, 0.6) is 0 Å². The number of nitrogens with one attached hydrogen (secondary N) is 1. The standard InChI is InChI=1S/C11H23NO3/c1-7-15-9(13)11(4,12-5)8-10(2,3)14-6/h12H,7-8H2,1-6H3. The number of esters is 1. The van der Waals surface area contributed by atoms with E-state index in [0.29, 0.717) is 13.0 Å². The number of ether oxygens (including phenoxy) is 2.